The van der Waals surface area contributed by atoms with Crippen molar-refractivity contribution in [1.29, 1.82) is 0 Å². The van der Waals surface area contributed by atoms with E-state index >= 15 is 0 Å². The number of fused-ring (bicyclic) bond motifs is 2. The molecule has 1 N–H and O–H groups in total. The van der Waals surface area contributed by atoms with Gasteiger partial charge in [0.05, 0.1) is 0 Å². The molecule has 20 heavy (non-hydrogen) atoms. The van der Waals surface area contributed by atoms with Gasteiger partial charge in [-0.1, -0.05) is 23.7 Å². The van der Waals surface area contributed by atoms with Crippen LogP contribution in [0.2, 0.25) is 5.02 Å². The summed E-state index contributed by atoms with van der Waals surface area (Å²) < 4.78 is 0. The Morgan fingerprint density at radius 1 is 0.850 bits per heavy atom. The molecule has 0 amide bonds. The van der Waals surface area contributed by atoms with Gasteiger partial charge in [0.2, 0.25) is 0 Å². The number of H-pyrrole nitrogens is 1. The molecule has 0 spiro atoms. The number of benzene rings is 2. The molecule has 0 atom stereocenters. The van der Waals surface area contributed by atoms with Crippen molar-refractivity contribution in [3.8, 4) is 11.3 Å². The maximum Gasteiger partial charge on any atom is 0.0464 e. The van der Waals surface area contributed by atoms with Crippen molar-refractivity contribution in [1.82, 2.24) is 4.98 Å². The first-order valence-corrected chi connectivity index (χ1v) is 7.58. The third-order valence-corrected chi connectivity index (χ3v) is 4.48. The highest BCUT2D eigenvalue weighted by molar-refractivity contribution is 6.31. The number of hydrogen-bond donors (Lipinski definition) is 1. The zero-order chi connectivity index (χ0) is 13.5. The van der Waals surface area contributed by atoms with Gasteiger partial charge in [0.25, 0.3) is 0 Å². The summed E-state index contributed by atoms with van der Waals surface area (Å²) in [5.74, 6) is 0. The van der Waals surface area contributed by atoms with E-state index in [1.54, 1.807) is 0 Å². The SMILES string of the molecule is Clc1ccc2[nH]c(-c3ccc4c(c3)CCCC4)cc2c1. The van der Waals surface area contributed by atoms with Gasteiger partial charge in [0.1, 0.15) is 0 Å². The first-order chi connectivity index (χ1) is 9.79. The molecule has 2 aromatic carbocycles. The molecule has 1 aromatic heterocycles. The first-order valence-electron chi connectivity index (χ1n) is 7.20. The second-order valence-corrected chi connectivity index (χ2v) is 6.04. The van der Waals surface area contributed by atoms with Crippen LogP contribution in [0.1, 0.15) is 24.0 Å². The summed E-state index contributed by atoms with van der Waals surface area (Å²) in [5.41, 5.74) is 6.64. The minimum Gasteiger partial charge on any atom is -0.355 e. The number of hydrogen-bond acceptors (Lipinski definition) is 0. The fourth-order valence-electron chi connectivity index (χ4n) is 3.16. The Morgan fingerprint density at radius 3 is 2.60 bits per heavy atom. The van der Waals surface area contributed by atoms with Crippen LogP contribution in [-0.2, 0) is 12.8 Å². The summed E-state index contributed by atoms with van der Waals surface area (Å²) in [6, 6.07) is 15.0. The Hall–Kier alpha value is -1.73. The average molecular weight is 282 g/mol. The van der Waals surface area contributed by atoms with Crippen LogP contribution >= 0.6 is 11.6 Å². The molecule has 1 aliphatic carbocycles. The van der Waals surface area contributed by atoms with Crippen LogP contribution in [0.25, 0.3) is 22.2 Å². The summed E-state index contributed by atoms with van der Waals surface area (Å²) in [4.78, 5) is 3.49. The van der Waals surface area contributed by atoms with Crippen LogP contribution in [0.5, 0.6) is 0 Å². The molecule has 0 fully saturated rings. The van der Waals surface area contributed by atoms with E-state index in [1.165, 1.54) is 53.5 Å². The van der Waals surface area contributed by atoms with Crippen molar-refractivity contribution in [3.05, 3.63) is 58.6 Å². The third-order valence-electron chi connectivity index (χ3n) is 4.24. The van der Waals surface area contributed by atoms with Crippen LogP contribution in [-0.4, -0.2) is 4.98 Å². The summed E-state index contributed by atoms with van der Waals surface area (Å²) in [6.07, 6.45) is 5.10. The van der Waals surface area contributed by atoms with Crippen molar-refractivity contribution >= 4 is 22.5 Å². The number of halogens is 1. The van der Waals surface area contributed by atoms with Gasteiger partial charge in [-0.3, -0.25) is 0 Å². The monoisotopic (exact) mass is 281 g/mol. The Kier molecular flexibility index (Phi) is 2.82. The summed E-state index contributed by atoms with van der Waals surface area (Å²) in [7, 11) is 0. The van der Waals surface area contributed by atoms with Gasteiger partial charge in [0.15, 0.2) is 0 Å². The molecule has 0 saturated heterocycles. The van der Waals surface area contributed by atoms with Crippen LogP contribution in [0.15, 0.2) is 42.5 Å². The van der Waals surface area contributed by atoms with Crippen molar-refractivity contribution in [2.75, 3.05) is 0 Å². The van der Waals surface area contributed by atoms with Gasteiger partial charge in [-0.05, 0) is 72.7 Å². The molecule has 2 heteroatoms. The third kappa shape index (κ3) is 2.03. The Morgan fingerprint density at radius 2 is 1.70 bits per heavy atom. The van der Waals surface area contributed by atoms with Crippen LogP contribution in [0.4, 0.5) is 0 Å². The average Bonchev–Trinajstić information content (AvgIpc) is 2.89. The van der Waals surface area contributed by atoms with Crippen LogP contribution < -0.4 is 0 Å². The molecule has 4 rings (SSSR count). The molecular formula is C18H16ClN. The lowest BCUT2D eigenvalue weighted by atomic mass is 9.90. The molecular weight excluding hydrogens is 266 g/mol. The van der Waals surface area contributed by atoms with E-state index in [-0.39, 0.29) is 0 Å². The molecule has 1 heterocycles. The number of aryl methyl sites for hydroxylation is 2. The number of aromatic nitrogens is 1. The summed E-state index contributed by atoms with van der Waals surface area (Å²) >= 11 is 6.05. The van der Waals surface area contributed by atoms with Gasteiger partial charge < -0.3 is 4.98 Å². The van der Waals surface area contributed by atoms with E-state index in [0.717, 1.165) is 10.5 Å². The van der Waals surface area contributed by atoms with E-state index in [4.69, 9.17) is 11.6 Å². The van der Waals surface area contributed by atoms with Gasteiger partial charge in [-0.2, -0.15) is 0 Å². The highest BCUT2D eigenvalue weighted by Gasteiger charge is 2.11. The van der Waals surface area contributed by atoms with Crippen molar-refractivity contribution in [3.63, 3.8) is 0 Å². The van der Waals surface area contributed by atoms with E-state index in [1.807, 2.05) is 18.2 Å². The van der Waals surface area contributed by atoms with E-state index in [2.05, 4.69) is 29.2 Å². The largest absolute Gasteiger partial charge is 0.355 e. The molecule has 1 nitrogen and oxygen atoms in total. The van der Waals surface area contributed by atoms with Gasteiger partial charge in [-0.15, -0.1) is 0 Å². The molecule has 1 aliphatic rings. The van der Waals surface area contributed by atoms with E-state index in [9.17, 15) is 0 Å². The normalized spacial score (nSPS) is 14.4. The van der Waals surface area contributed by atoms with Crippen molar-refractivity contribution in [2.24, 2.45) is 0 Å². The Bertz CT molecular complexity index is 785. The second-order valence-electron chi connectivity index (χ2n) is 5.61. The zero-order valence-electron chi connectivity index (χ0n) is 11.2. The van der Waals surface area contributed by atoms with Crippen LogP contribution in [0, 0.1) is 0 Å². The number of aromatic amines is 1. The minimum atomic E-state index is 0.786. The standard InChI is InChI=1S/C18H16ClN/c19-16-7-8-17-15(10-16)11-18(20-17)14-6-5-12-3-1-2-4-13(12)9-14/h5-11,20H,1-4H2. The number of rotatable bonds is 1. The van der Waals surface area contributed by atoms with Gasteiger partial charge >= 0.3 is 0 Å². The molecule has 0 saturated carbocycles. The maximum absolute atomic E-state index is 6.05. The molecule has 0 unspecified atom stereocenters. The fraction of sp³-hybridized carbons (Fsp3) is 0.222. The molecule has 100 valence electrons. The fourth-order valence-corrected chi connectivity index (χ4v) is 3.34. The first kappa shape index (κ1) is 12.0. The Labute approximate surface area is 123 Å². The zero-order valence-corrected chi connectivity index (χ0v) is 12.0. The van der Waals surface area contributed by atoms with Crippen molar-refractivity contribution in [2.45, 2.75) is 25.7 Å². The highest BCUT2D eigenvalue weighted by atomic mass is 35.5. The smallest absolute Gasteiger partial charge is 0.0464 e. The maximum atomic E-state index is 6.05. The highest BCUT2D eigenvalue weighted by Crippen LogP contribution is 2.30. The molecule has 0 radical (unpaired) electrons. The molecule has 0 bridgehead atoms. The predicted molar refractivity (Wildman–Crippen MR) is 85.4 cm³/mol. The Balaban J connectivity index is 1.82. The quantitative estimate of drug-likeness (QED) is 0.617. The van der Waals surface area contributed by atoms with E-state index in [0.29, 0.717) is 0 Å². The topological polar surface area (TPSA) is 15.8 Å². The lowest BCUT2D eigenvalue weighted by Crippen LogP contribution is -2.02. The summed E-state index contributed by atoms with van der Waals surface area (Å²) in [6.45, 7) is 0. The lowest BCUT2D eigenvalue weighted by Gasteiger charge is -2.16. The lowest BCUT2D eigenvalue weighted by molar-refractivity contribution is 0.686. The molecule has 0 aliphatic heterocycles. The molecule has 3 aromatic rings. The van der Waals surface area contributed by atoms with Crippen LogP contribution in [0.3, 0.4) is 0 Å². The predicted octanol–water partition coefficient (Wildman–Crippen LogP) is 5.37. The number of nitrogens with one attached hydrogen (secondary N) is 1. The van der Waals surface area contributed by atoms with Crippen molar-refractivity contribution < 1.29 is 0 Å². The second kappa shape index (κ2) is 4.68. The summed E-state index contributed by atoms with van der Waals surface area (Å²) in [5, 5.41) is 1.96. The van der Waals surface area contributed by atoms with Gasteiger partial charge in [-0.25, -0.2) is 0 Å². The minimum absolute atomic E-state index is 0.786. The van der Waals surface area contributed by atoms with E-state index < -0.39 is 0 Å². The van der Waals surface area contributed by atoms with Gasteiger partial charge in [0, 0.05) is 21.6 Å².